The Labute approximate surface area is 95.4 Å². The Balaban J connectivity index is 1.88. The van der Waals surface area contributed by atoms with Gasteiger partial charge in [-0.25, -0.2) is 4.79 Å². The highest BCUT2D eigenvalue weighted by Gasteiger charge is 2.17. The summed E-state index contributed by atoms with van der Waals surface area (Å²) in [5.41, 5.74) is 0.554. The van der Waals surface area contributed by atoms with Crippen LogP contribution in [-0.2, 0) is 4.74 Å². The van der Waals surface area contributed by atoms with Gasteiger partial charge in [0.05, 0.1) is 19.3 Å². The van der Waals surface area contributed by atoms with Gasteiger partial charge in [-0.3, -0.25) is 0 Å². The van der Waals surface area contributed by atoms with Crippen molar-refractivity contribution in [3.05, 3.63) is 29.8 Å². The minimum Gasteiger partial charge on any atom is -0.493 e. The molecule has 1 aromatic rings. The highest BCUT2D eigenvalue weighted by atomic mass is 16.5. The maximum atomic E-state index is 11.2. The second-order valence-electron chi connectivity index (χ2n) is 4.12. The number of carbonyl (C=O) groups is 1. The molecule has 1 aliphatic carbocycles. The van der Waals surface area contributed by atoms with Gasteiger partial charge in [-0.2, -0.15) is 0 Å². The predicted octanol–water partition coefficient (Wildman–Crippen LogP) is 2.65. The van der Waals surface area contributed by atoms with Crippen LogP contribution in [0.2, 0.25) is 0 Å². The van der Waals surface area contributed by atoms with Crippen LogP contribution in [0.4, 0.5) is 0 Å². The average Bonchev–Trinajstić information content (AvgIpc) is 2.27. The Morgan fingerprint density at radius 1 is 1.31 bits per heavy atom. The second-order valence-corrected chi connectivity index (χ2v) is 4.12. The molecule has 0 aromatic heterocycles. The molecule has 0 atom stereocenters. The molecule has 0 bridgehead atoms. The van der Waals surface area contributed by atoms with Crippen molar-refractivity contribution in [1.29, 1.82) is 0 Å². The Kier molecular flexibility index (Phi) is 3.44. The SMILES string of the molecule is COC(=O)c1ccc(OCC2CCC2)cc1. The first-order valence-corrected chi connectivity index (χ1v) is 5.61. The predicted molar refractivity (Wildman–Crippen MR) is 60.6 cm³/mol. The number of esters is 1. The Morgan fingerprint density at radius 3 is 2.50 bits per heavy atom. The van der Waals surface area contributed by atoms with Gasteiger partial charge in [0.25, 0.3) is 0 Å². The summed E-state index contributed by atoms with van der Waals surface area (Å²) in [7, 11) is 1.38. The zero-order valence-electron chi connectivity index (χ0n) is 9.44. The number of hydrogen-bond donors (Lipinski definition) is 0. The molecule has 0 spiro atoms. The summed E-state index contributed by atoms with van der Waals surface area (Å²) in [6.45, 7) is 0.789. The van der Waals surface area contributed by atoms with Gasteiger partial charge in [0.15, 0.2) is 0 Å². The number of rotatable bonds is 4. The van der Waals surface area contributed by atoms with Crippen LogP contribution in [0.1, 0.15) is 29.6 Å². The third-order valence-corrected chi connectivity index (χ3v) is 2.99. The summed E-state index contributed by atoms with van der Waals surface area (Å²) in [5, 5.41) is 0. The van der Waals surface area contributed by atoms with Crippen molar-refractivity contribution in [2.75, 3.05) is 13.7 Å². The largest absolute Gasteiger partial charge is 0.493 e. The van der Waals surface area contributed by atoms with Crippen LogP contribution in [-0.4, -0.2) is 19.7 Å². The molecule has 2 rings (SSSR count). The third kappa shape index (κ3) is 2.54. The van der Waals surface area contributed by atoms with Crippen molar-refractivity contribution in [3.63, 3.8) is 0 Å². The molecule has 0 N–H and O–H groups in total. The van der Waals surface area contributed by atoms with Crippen LogP contribution >= 0.6 is 0 Å². The van der Waals surface area contributed by atoms with E-state index in [0.717, 1.165) is 18.3 Å². The molecule has 0 heterocycles. The van der Waals surface area contributed by atoms with Crippen LogP contribution in [0.5, 0.6) is 5.75 Å². The summed E-state index contributed by atoms with van der Waals surface area (Å²) in [5.74, 6) is 1.23. The van der Waals surface area contributed by atoms with Crippen LogP contribution in [0.3, 0.4) is 0 Å². The van der Waals surface area contributed by atoms with E-state index in [-0.39, 0.29) is 5.97 Å². The molecule has 0 aliphatic heterocycles. The quantitative estimate of drug-likeness (QED) is 0.732. The molecule has 1 saturated carbocycles. The first-order chi connectivity index (χ1) is 7.79. The summed E-state index contributed by atoms with van der Waals surface area (Å²) >= 11 is 0. The van der Waals surface area contributed by atoms with Crippen LogP contribution < -0.4 is 4.74 Å². The van der Waals surface area contributed by atoms with Crippen LogP contribution in [0, 0.1) is 5.92 Å². The normalized spacial score (nSPS) is 15.3. The molecule has 1 aromatic carbocycles. The van der Waals surface area contributed by atoms with Crippen molar-refractivity contribution in [2.24, 2.45) is 5.92 Å². The van der Waals surface area contributed by atoms with Crippen molar-refractivity contribution >= 4 is 5.97 Å². The van der Waals surface area contributed by atoms with Crippen molar-refractivity contribution in [2.45, 2.75) is 19.3 Å². The third-order valence-electron chi connectivity index (χ3n) is 2.99. The Bertz CT molecular complexity index is 352. The van der Waals surface area contributed by atoms with E-state index in [1.165, 1.54) is 26.4 Å². The van der Waals surface area contributed by atoms with Gasteiger partial charge in [-0.1, -0.05) is 6.42 Å². The maximum absolute atomic E-state index is 11.2. The lowest BCUT2D eigenvalue weighted by Gasteiger charge is -2.25. The van der Waals surface area contributed by atoms with E-state index in [1.54, 1.807) is 12.1 Å². The molecule has 0 amide bonds. The highest BCUT2D eigenvalue weighted by molar-refractivity contribution is 5.89. The molecule has 3 nitrogen and oxygen atoms in total. The monoisotopic (exact) mass is 220 g/mol. The van der Waals surface area contributed by atoms with E-state index < -0.39 is 0 Å². The van der Waals surface area contributed by atoms with Crippen molar-refractivity contribution < 1.29 is 14.3 Å². The molecule has 1 fully saturated rings. The Hall–Kier alpha value is -1.51. The summed E-state index contributed by atoms with van der Waals surface area (Å²) in [6.07, 6.45) is 3.88. The topological polar surface area (TPSA) is 35.5 Å². The van der Waals surface area contributed by atoms with E-state index in [0.29, 0.717) is 5.56 Å². The first kappa shape index (κ1) is 11.0. The van der Waals surface area contributed by atoms with E-state index in [1.807, 2.05) is 12.1 Å². The molecular formula is C13H16O3. The lowest BCUT2D eigenvalue weighted by molar-refractivity contribution is 0.0600. The van der Waals surface area contributed by atoms with Gasteiger partial charge in [0.2, 0.25) is 0 Å². The molecule has 3 heteroatoms. The van der Waals surface area contributed by atoms with Crippen LogP contribution in [0.25, 0.3) is 0 Å². The standard InChI is InChI=1S/C13H16O3/c1-15-13(14)11-5-7-12(8-6-11)16-9-10-3-2-4-10/h5-8,10H,2-4,9H2,1H3. The average molecular weight is 220 g/mol. The molecule has 1 aliphatic rings. The van der Waals surface area contributed by atoms with Gasteiger partial charge in [0, 0.05) is 0 Å². The maximum Gasteiger partial charge on any atom is 0.337 e. The van der Waals surface area contributed by atoms with Gasteiger partial charge in [0.1, 0.15) is 5.75 Å². The lowest BCUT2D eigenvalue weighted by atomic mass is 9.86. The Morgan fingerprint density at radius 2 is 2.00 bits per heavy atom. The van der Waals surface area contributed by atoms with E-state index >= 15 is 0 Å². The second kappa shape index (κ2) is 5.01. The van der Waals surface area contributed by atoms with Gasteiger partial charge in [-0.15, -0.1) is 0 Å². The molecule has 16 heavy (non-hydrogen) atoms. The van der Waals surface area contributed by atoms with Gasteiger partial charge in [-0.05, 0) is 43.0 Å². The fourth-order valence-corrected chi connectivity index (χ4v) is 1.68. The molecule has 0 radical (unpaired) electrons. The number of carbonyl (C=O) groups excluding carboxylic acids is 1. The van der Waals surface area contributed by atoms with Crippen molar-refractivity contribution in [3.8, 4) is 5.75 Å². The zero-order chi connectivity index (χ0) is 11.4. The summed E-state index contributed by atoms with van der Waals surface area (Å²) < 4.78 is 10.2. The van der Waals surface area contributed by atoms with E-state index in [4.69, 9.17) is 4.74 Å². The summed E-state index contributed by atoms with van der Waals surface area (Å²) in [4.78, 5) is 11.2. The molecular weight excluding hydrogens is 204 g/mol. The zero-order valence-corrected chi connectivity index (χ0v) is 9.44. The minimum absolute atomic E-state index is 0.314. The smallest absolute Gasteiger partial charge is 0.337 e. The molecule has 0 unspecified atom stereocenters. The fourth-order valence-electron chi connectivity index (χ4n) is 1.68. The van der Waals surface area contributed by atoms with Gasteiger partial charge < -0.3 is 9.47 Å². The molecule has 86 valence electrons. The van der Waals surface area contributed by atoms with E-state index in [9.17, 15) is 4.79 Å². The molecule has 0 saturated heterocycles. The fraction of sp³-hybridized carbons (Fsp3) is 0.462. The first-order valence-electron chi connectivity index (χ1n) is 5.61. The lowest BCUT2D eigenvalue weighted by Crippen LogP contribution is -2.19. The number of methoxy groups -OCH3 is 1. The summed E-state index contributed by atoms with van der Waals surface area (Å²) in [6, 6.07) is 7.07. The van der Waals surface area contributed by atoms with E-state index in [2.05, 4.69) is 4.74 Å². The highest BCUT2D eigenvalue weighted by Crippen LogP contribution is 2.27. The number of ether oxygens (including phenoxy) is 2. The number of benzene rings is 1. The van der Waals surface area contributed by atoms with Gasteiger partial charge >= 0.3 is 5.97 Å². The minimum atomic E-state index is -0.314. The van der Waals surface area contributed by atoms with Crippen LogP contribution in [0.15, 0.2) is 24.3 Å². The van der Waals surface area contributed by atoms with Crippen molar-refractivity contribution in [1.82, 2.24) is 0 Å². The number of hydrogen-bond acceptors (Lipinski definition) is 3.